The molecule has 3 amide bonds. The van der Waals surface area contributed by atoms with Gasteiger partial charge in [0.15, 0.2) is 21.4 Å². The molecule has 8 nitrogen and oxygen atoms in total. The second kappa shape index (κ2) is 11.5. The molecular formula is C26H38FN3O5S. The summed E-state index contributed by atoms with van der Waals surface area (Å²) in [5.41, 5.74) is 0.284. The molecule has 1 aliphatic carbocycles. The smallest absolute Gasteiger partial charge is 0.324 e. The van der Waals surface area contributed by atoms with E-state index < -0.39 is 21.1 Å². The van der Waals surface area contributed by atoms with Gasteiger partial charge < -0.3 is 14.5 Å². The highest BCUT2D eigenvalue weighted by Crippen LogP contribution is 2.39. The first-order valence-corrected chi connectivity index (χ1v) is 14.9. The van der Waals surface area contributed by atoms with Crippen LogP contribution < -0.4 is 10.1 Å². The fourth-order valence-corrected chi connectivity index (χ4v) is 7.19. The van der Waals surface area contributed by atoms with Gasteiger partial charge in [0.1, 0.15) is 0 Å². The van der Waals surface area contributed by atoms with Gasteiger partial charge in [-0.25, -0.2) is 17.6 Å². The molecular weight excluding hydrogens is 485 g/mol. The molecule has 0 unspecified atom stereocenters. The first-order valence-electron chi connectivity index (χ1n) is 13.1. The third kappa shape index (κ3) is 7.18. The highest BCUT2D eigenvalue weighted by Gasteiger charge is 2.40. The second-order valence-electron chi connectivity index (χ2n) is 10.7. The SMILES string of the molecule is CN1CCC(CS(=O)(=O)CCCCCN2CCC(=O)NC2=O)(c2ccc(F)c(OCC3CC3)c2)CC1. The predicted octanol–water partition coefficient (Wildman–Crippen LogP) is 3.10. The van der Waals surface area contributed by atoms with E-state index in [0.717, 1.165) is 31.5 Å². The molecule has 1 aromatic rings. The summed E-state index contributed by atoms with van der Waals surface area (Å²) in [6.45, 7) is 2.99. The third-order valence-corrected chi connectivity index (χ3v) is 9.58. The van der Waals surface area contributed by atoms with Gasteiger partial charge in [0.25, 0.3) is 0 Å². The Kier molecular flexibility index (Phi) is 8.55. The number of hydrogen-bond acceptors (Lipinski definition) is 6. The number of nitrogens with zero attached hydrogens (tertiary/aromatic N) is 2. The summed E-state index contributed by atoms with van der Waals surface area (Å²) in [6, 6.07) is 4.50. The number of halogens is 1. The van der Waals surface area contributed by atoms with Gasteiger partial charge >= 0.3 is 6.03 Å². The van der Waals surface area contributed by atoms with Gasteiger partial charge in [-0.2, -0.15) is 0 Å². The maximum Gasteiger partial charge on any atom is 0.324 e. The maximum atomic E-state index is 14.5. The van der Waals surface area contributed by atoms with Crippen LogP contribution in [-0.4, -0.2) is 81.5 Å². The Morgan fingerprint density at radius 3 is 2.56 bits per heavy atom. The number of sulfone groups is 1. The zero-order chi connectivity index (χ0) is 25.8. The first-order chi connectivity index (χ1) is 17.2. The lowest BCUT2D eigenvalue weighted by Gasteiger charge is -2.41. The van der Waals surface area contributed by atoms with Crippen LogP contribution in [0.3, 0.4) is 0 Å². The zero-order valence-electron chi connectivity index (χ0n) is 21.1. The molecule has 2 saturated heterocycles. The lowest BCUT2D eigenvalue weighted by Crippen LogP contribution is -2.49. The fourth-order valence-electron chi connectivity index (χ4n) is 5.11. The zero-order valence-corrected chi connectivity index (χ0v) is 22.0. The van der Waals surface area contributed by atoms with E-state index in [4.69, 9.17) is 4.74 Å². The maximum absolute atomic E-state index is 14.5. The van der Waals surface area contributed by atoms with Crippen molar-refractivity contribution in [1.82, 2.24) is 15.1 Å². The molecule has 2 aliphatic heterocycles. The molecule has 200 valence electrons. The molecule has 10 heteroatoms. The Morgan fingerprint density at radius 2 is 1.86 bits per heavy atom. The third-order valence-electron chi connectivity index (χ3n) is 7.68. The lowest BCUT2D eigenvalue weighted by atomic mass is 9.74. The first kappa shape index (κ1) is 26.9. The Bertz CT molecular complexity index is 1050. The molecule has 0 aromatic heterocycles. The van der Waals surface area contributed by atoms with Crippen LogP contribution >= 0.6 is 0 Å². The Morgan fingerprint density at radius 1 is 1.11 bits per heavy atom. The number of urea groups is 1. The Labute approximate surface area is 213 Å². The molecule has 1 aromatic carbocycles. The van der Waals surface area contributed by atoms with Gasteiger partial charge in [0.2, 0.25) is 5.91 Å². The van der Waals surface area contributed by atoms with Gasteiger partial charge in [-0.3, -0.25) is 10.1 Å². The van der Waals surface area contributed by atoms with Crippen LogP contribution in [0.4, 0.5) is 9.18 Å². The fraction of sp³-hybridized carbons (Fsp3) is 0.692. The van der Waals surface area contributed by atoms with E-state index in [9.17, 15) is 22.4 Å². The summed E-state index contributed by atoms with van der Waals surface area (Å²) < 4.78 is 46.7. The molecule has 4 rings (SSSR count). The van der Waals surface area contributed by atoms with Crippen molar-refractivity contribution in [2.75, 3.05) is 51.3 Å². The number of hydrogen-bond donors (Lipinski definition) is 1. The van der Waals surface area contributed by atoms with Crippen LogP contribution in [0.1, 0.15) is 56.9 Å². The monoisotopic (exact) mass is 523 g/mol. The predicted molar refractivity (Wildman–Crippen MR) is 135 cm³/mol. The van der Waals surface area contributed by atoms with E-state index in [1.54, 1.807) is 17.0 Å². The molecule has 0 radical (unpaired) electrons. The Hall–Kier alpha value is -2.20. The van der Waals surface area contributed by atoms with Crippen molar-refractivity contribution in [2.45, 2.75) is 56.8 Å². The number of carbonyl (C=O) groups is 2. The molecule has 1 N–H and O–H groups in total. The van der Waals surface area contributed by atoms with Crippen LogP contribution in [0.15, 0.2) is 18.2 Å². The standard InChI is InChI=1S/C26H38FN3O5S/c1-29-14-10-26(11-15-29,21-7-8-22(27)23(17-21)35-18-20-5-6-20)19-36(33,34)16-4-2-3-12-30-13-9-24(31)28-25(30)32/h7-8,17,20H,2-6,9-16,18-19H2,1H3,(H,28,31,32). The average Bonchev–Trinajstić information content (AvgIpc) is 3.65. The van der Waals surface area contributed by atoms with Crippen molar-refractivity contribution in [3.63, 3.8) is 0 Å². The highest BCUT2D eigenvalue weighted by atomic mass is 32.2. The number of rotatable bonds is 12. The number of ether oxygens (including phenoxy) is 1. The number of carbonyl (C=O) groups excluding carboxylic acids is 2. The second-order valence-corrected chi connectivity index (χ2v) is 12.9. The van der Waals surface area contributed by atoms with Crippen molar-refractivity contribution < 1.29 is 27.1 Å². The van der Waals surface area contributed by atoms with Crippen LogP contribution in [0, 0.1) is 11.7 Å². The van der Waals surface area contributed by atoms with Crippen LogP contribution in [0.25, 0.3) is 0 Å². The van der Waals surface area contributed by atoms with Crippen molar-refractivity contribution in [2.24, 2.45) is 5.92 Å². The molecule has 3 aliphatic rings. The Balaban J connectivity index is 1.36. The van der Waals surface area contributed by atoms with E-state index in [-0.39, 0.29) is 29.2 Å². The van der Waals surface area contributed by atoms with E-state index in [1.807, 2.05) is 7.05 Å². The largest absolute Gasteiger partial charge is 0.490 e. The molecule has 2 heterocycles. The molecule has 0 bridgehead atoms. The molecule has 1 saturated carbocycles. The van der Waals surface area contributed by atoms with Crippen molar-refractivity contribution in [1.29, 1.82) is 0 Å². The summed E-state index contributed by atoms with van der Waals surface area (Å²) >= 11 is 0. The molecule has 3 fully saturated rings. The van der Waals surface area contributed by atoms with Gasteiger partial charge in [-0.05, 0) is 82.3 Å². The van der Waals surface area contributed by atoms with Gasteiger partial charge in [0, 0.05) is 24.9 Å². The quantitative estimate of drug-likeness (QED) is 0.423. The van der Waals surface area contributed by atoms with E-state index in [2.05, 4.69) is 10.2 Å². The topological polar surface area (TPSA) is 96.0 Å². The number of likely N-dealkylation sites (tertiary alicyclic amines) is 1. The lowest BCUT2D eigenvalue weighted by molar-refractivity contribution is -0.121. The normalized spacial score (nSPS) is 20.9. The van der Waals surface area contributed by atoms with Crippen LogP contribution in [-0.2, 0) is 20.0 Å². The van der Waals surface area contributed by atoms with Crippen molar-refractivity contribution in [3.8, 4) is 5.75 Å². The van der Waals surface area contributed by atoms with Crippen LogP contribution in [0.5, 0.6) is 5.75 Å². The number of benzene rings is 1. The van der Waals surface area contributed by atoms with Gasteiger partial charge in [-0.1, -0.05) is 12.5 Å². The van der Waals surface area contributed by atoms with E-state index >= 15 is 0 Å². The summed E-state index contributed by atoms with van der Waals surface area (Å²) in [5, 5.41) is 2.30. The highest BCUT2D eigenvalue weighted by molar-refractivity contribution is 7.91. The van der Waals surface area contributed by atoms with Gasteiger partial charge in [0.05, 0.1) is 18.1 Å². The minimum atomic E-state index is -3.36. The average molecular weight is 524 g/mol. The van der Waals surface area contributed by atoms with E-state index in [0.29, 0.717) is 64.1 Å². The summed E-state index contributed by atoms with van der Waals surface area (Å²) in [5.74, 6) is 0.181. The number of unbranched alkanes of at least 4 members (excludes halogenated alkanes) is 2. The number of amides is 3. The summed E-state index contributed by atoms with van der Waals surface area (Å²) in [4.78, 5) is 26.9. The number of nitrogens with one attached hydrogen (secondary N) is 1. The molecule has 0 spiro atoms. The summed E-state index contributed by atoms with van der Waals surface area (Å²) in [7, 11) is -1.32. The van der Waals surface area contributed by atoms with Crippen molar-refractivity contribution >= 4 is 21.8 Å². The summed E-state index contributed by atoms with van der Waals surface area (Å²) in [6.07, 6.45) is 5.80. The minimum absolute atomic E-state index is 0.0399. The number of piperidine rings is 1. The van der Waals surface area contributed by atoms with Crippen LogP contribution in [0.2, 0.25) is 0 Å². The molecule has 0 atom stereocenters. The minimum Gasteiger partial charge on any atom is -0.490 e. The molecule has 36 heavy (non-hydrogen) atoms. The van der Waals surface area contributed by atoms with E-state index in [1.165, 1.54) is 6.07 Å². The van der Waals surface area contributed by atoms with Crippen molar-refractivity contribution in [3.05, 3.63) is 29.6 Å². The number of imide groups is 1. The van der Waals surface area contributed by atoms with Gasteiger partial charge in [-0.15, -0.1) is 0 Å².